The summed E-state index contributed by atoms with van der Waals surface area (Å²) in [5.74, 6) is 1.55. The molecule has 288 valence electrons. The normalized spacial score (nSPS) is 12.2. The number of nitrogens with zero attached hydrogens (tertiary/aromatic N) is 4. The second-order valence-electron chi connectivity index (χ2n) is 15.9. The van der Waals surface area contributed by atoms with Crippen LogP contribution in [-0.2, 0) is 0 Å². The van der Waals surface area contributed by atoms with Gasteiger partial charge in [-0.1, -0.05) is 127 Å². The molecule has 0 bridgehead atoms. The molecule has 0 aliphatic carbocycles. The fraction of sp³-hybridized carbons (Fsp3) is 0. The van der Waals surface area contributed by atoms with E-state index in [1.165, 1.54) is 0 Å². The van der Waals surface area contributed by atoms with Crippen molar-refractivity contribution >= 4 is 98.4 Å². The fourth-order valence-corrected chi connectivity index (χ4v) is 9.61. The number of hydrogen-bond donors (Lipinski definition) is 0. The van der Waals surface area contributed by atoms with Crippen molar-refractivity contribution in [3.8, 4) is 39.9 Å². The lowest BCUT2D eigenvalue weighted by atomic mass is 9.99. The molecule has 0 spiro atoms. The summed E-state index contributed by atoms with van der Waals surface area (Å²) < 4.78 is 21.3. The van der Waals surface area contributed by atoms with Gasteiger partial charge in [0.1, 0.15) is 33.5 Å². The van der Waals surface area contributed by atoms with E-state index in [1.807, 2.05) is 60.7 Å². The molecule has 14 rings (SSSR count). The van der Waals surface area contributed by atoms with Gasteiger partial charge in [-0.3, -0.25) is 4.57 Å². The molecule has 0 atom stereocenters. The predicted octanol–water partition coefficient (Wildman–Crippen LogP) is 14.8. The number of para-hydroxylation sites is 4. The van der Waals surface area contributed by atoms with Gasteiger partial charge in [-0.25, -0.2) is 4.98 Å². The summed E-state index contributed by atoms with van der Waals surface area (Å²) in [6.45, 7) is 0. The van der Waals surface area contributed by atoms with Gasteiger partial charge in [-0.05, 0) is 65.5 Å². The minimum Gasteiger partial charge on any atom is -0.456 e. The number of benzene rings is 9. The first-order chi connectivity index (χ1) is 30.7. The average molecular weight is 795 g/mol. The van der Waals surface area contributed by atoms with Crippen molar-refractivity contribution in [1.82, 2.24) is 19.5 Å². The zero-order valence-electron chi connectivity index (χ0n) is 32.8. The van der Waals surface area contributed by atoms with Crippen LogP contribution < -0.4 is 0 Å². The molecule has 7 heteroatoms. The molecule has 9 aromatic carbocycles. The lowest BCUT2D eigenvalue weighted by molar-refractivity contribution is 0.668. The molecule has 5 heterocycles. The molecule has 0 aliphatic rings. The molecule has 0 radical (unpaired) electrons. The Kier molecular flexibility index (Phi) is 6.71. The zero-order chi connectivity index (χ0) is 40.5. The lowest BCUT2D eigenvalue weighted by Gasteiger charge is -2.14. The van der Waals surface area contributed by atoms with Crippen molar-refractivity contribution in [3.05, 3.63) is 182 Å². The van der Waals surface area contributed by atoms with Gasteiger partial charge < -0.3 is 13.3 Å². The van der Waals surface area contributed by atoms with Gasteiger partial charge in [-0.15, -0.1) is 0 Å². The van der Waals surface area contributed by atoms with Crippen molar-refractivity contribution in [2.45, 2.75) is 0 Å². The van der Waals surface area contributed by atoms with E-state index >= 15 is 0 Å². The van der Waals surface area contributed by atoms with Gasteiger partial charge in [0.2, 0.25) is 5.95 Å². The summed E-state index contributed by atoms with van der Waals surface area (Å²) in [4.78, 5) is 16.1. The zero-order valence-corrected chi connectivity index (χ0v) is 32.8. The summed E-state index contributed by atoms with van der Waals surface area (Å²) in [6, 6.07) is 62.8. The number of furan rings is 3. The topological polar surface area (TPSA) is 83.0 Å². The Morgan fingerprint density at radius 1 is 0.306 bits per heavy atom. The van der Waals surface area contributed by atoms with Crippen molar-refractivity contribution in [2.75, 3.05) is 0 Å². The van der Waals surface area contributed by atoms with Crippen LogP contribution in [-0.4, -0.2) is 19.5 Å². The van der Waals surface area contributed by atoms with E-state index in [0.29, 0.717) is 17.6 Å². The molecule has 5 aromatic heterocycles. The van der Waals surface area contributed by atoms with Crippen LogP contribution in [0.25, 0.3) is 138 Å². The molecular weight excluding hydrogens is 765 g/mol. The second-order valence-corrected chi connectivity index (χ2v) is 15.9. The molecule has 0 aliphatic heterocycles. The first-order valence-electron chi connectivity index (χ1n) is 20.7. The van der Waals surface area contributed by atoms with E-state index in [-0.39, 0.29) is 0 Å². The fourth-order valence-electron chi connectivity index (χ4n) is 9.61. The third kappa shape index (κ3) is 4.78. The number of hydrogen-bond acceptors (Lipinski definition) is 6. The van der Waals surface area contributed by atoms with Gasteiger partial charge >= 0.3 is 0 Å². The molecule has 0 saturated heterocycles. The maximum Gasteiger partial charge on any atom is 0.238 e. The van der Waals surface area contributed by atoms with Crippen molar-refractivity contribution in [1.29, 1.82) is 0 Å². The van der Waals surface area contributed by atoms with E-state index in [0.717, 1.165) is 121 Å². The summed E-state index contributed by atoms with van der Waals surface area (Å²) in [5.41, 5.74) is 10.7. The highest BCUT2D eigenvalue weighted by Gasteiger charge is 2.23. The Labute approximate surface area is 351 Å². The van der Waals surface area contributed by atoms with Gasteiger partial charge in [0.15, 0.2) is 11.6 Å². The van der Waals surface area contributed by atoms with Crippen LogP contribution >= 0.6 is 0 Å². The van der Waals surface area contributed by atoms with E-state index in [9.17, 15) is 0 Å². The van der Waals surface area contributed by atoms with Crippen LogP contribution in [0.3, 0.4) is 0 Å². The summed E-state index contributed by atoms with van der Waals surface area (Å²) in [6.07, 6.45) is 0. The SMILES string of the molecule is c1ccc2c(c1)ccc1c3cccc(-c4ccc5oc6ccccc6c5c4)c3n(-c3nc(-c4ccc5c(c4)oc4ccccc45)nc(-c4ccc5c(c4)oc4ccccc45)n3)c21. The molecule has 0 fully saturated rings. The van der Waals surface area contributed by atoms with Crippen molar-refractivity contribution < 1.29 is 13.3 Å². The molecule has 62 heavy (non-hydrogen) atoms. The summed E-state index contributed by atoms with van der Waals surface area (Å²) in [5, 5.41) is 10.8. The highest BCUT2D eigenvalue weighted by molar-refractivity contribution is 6.21. The van der Waals surface area contributed by atoms with Crippen LogP contribution in [0.1, 0.15) is 0 Å². The van der Waals surface area contributed by atoms with Gasteiger partial charge in [0, 0.05) is 65.2 Å². The van der Waals surface area contributed by atoms with Crippen molar-refractivity contribution in [3.63, 3.8) is 0 Å². The van der Waals surface area contributed by atoms with Crippen LogP contribution in [0, 0.1) is 0 Å². The summed E-state index contributed by atoms with van der Waals surface area (Å²) >= 11 is 0. The minimum atomic E-state index is 0.498. The highest BCUT2D eigenvalue weighted by atomic mass is 16.3. The van der Waals surface area contributed by atoms with Crippen molar-refractivity contribution in [2.24, 2.45) is 0 Å². The molecule has 0 saturated carbocycles. The Morgan fingerprint density at radius 2 is 0.790 bits per heavy atom. The number of aromatic nitrogens is 4. The lowest BCUT2D eigenvalue weighted by Crippen LogP contribution is -2.07. The number of fused-ring (bicyclic) bond motifs is 14. The monoisotopic (exact) mass is 794 g/mol. The Balaban J connectivity index is 1.08. The summed E-state index contributed by atoms with van der Waals surface area (Å²) in [7, 11) is 0. The second kappa shape index (κ2) is 12.5. The Bertz CT molecular complexity index is 4060. The molecule has 0 unspecified atom stereocenters. The van der Waals surface area contributed by atoms with Crippen LogP contribution in [0.5, 0.6) is 0 Å². The van der Waals surface area contributed by atoms with Crippen LogP contribution in [0.4, 0.5) is 0 Å². The highest BCUT2D eigenvalue weighted by Crippen LogP contribution is 2.43. The predicted molar refractivity (Wildman–Crippen MR) is 250 cm³/mol. The van der Waals surface area contributed by atoms with E-state index in [4.69, 9.17) is 28.2 Å². The van der Waals surface area contributed by atoms with Crippen LogP contribution in [0.15, 0.2) is 195 Å². The maximum atomic E-state index is 6.39. The largest absolute Gasteiger partial charge is 0.456 e. The molecule has 14 aromatic rings. The first-order valence-corrected chi connectivity index (χ1v) is 20.7. The van der Waals surface area contributed by atoms with Gasteiger partial charge in [-0.2, -0.15) is 9.97 Å². The quantitative estimate of drug-likeness (QED) is 0.176. The van der Waals surface area contributed by atoms with E-state index in [2.05, 4.69) is 126 Å². The Hall–Kier alpha value is -8.55. The van der Waals surface area contributed by atoms with Gasteiger partial charge in [0.25, 0.3) is 0 Å². The average Bonchev–Trinajstić information content (AvgIpc) is 4.09. The molecule has 0 amide bonds. The Morgan fingerprint density at radius 3 is 1.45 bits per heavy atom. The third-order valence-electron chi connectivity index (χ3n) is 12.5. The van der Waals surface area contributed by atoms with E-state index in [1.54, 1.807) is 0 Å². The first kappa shape index (κ1) is 33.3. The third-order valence-corrected chi connectivity index (χ3v) is 12.5. The molecular formula is C55H30N4O3. The maximum absolute atomic E-state index is 6.39. The smallest absolute Gasteiger partial charge is 0.238 e. The van der Waals surface area contributed by atoms with Crippen LogP contribution in [0.2, 0.25) is 0 Å². The van der Waals surface area contributed by atoms with E-state index < -0.39 is 0 Å². The molecule has 0 N–H and O–H groups in total. The minimum absolute atomic E-state index is 0.498. The standard InChI is InChI=1S/C55H30N4O3/c1-2-11-35-31(10-1)20-26-43-42-16-9-15-36(32-23-27-48-44(28-32)39-14-5-8-19-47(39)60-48)52(42)59(51(35)43)55-57-53(33-21-24-40-37-12-3-6-17-45(37)61-49(40)29-33)56-54(58-55)34-22-25-41-38-13-4-7-18-46(38)62-50(41)30-34/h1-30H. The van der Waals surface area contributed by atoms with Gasteiger partial charge in [0.05, 0.1) is 11.0 Å². The molecule has 7 nitrogen and oxygen atoms in total. The number of rotatable bonds is 4.